The fourth-order valence-electron chi connectivity index (χ4n) is 3.39. The second kappa shape index (κ2) is 13.5. The smallest absolute Gasteiger partial charge is 0.143 e. The van der Waals surface area contributed by atoms with E-state index < -0.39 is 24.4 Å². The molecule has 3 rings (SSSR count). The number of terminal acetylenes is 1. The summed E-state index contributed by atoms with van der Waals surface area (Å²) in [7, 11) is 0. The summed E-state index contributed by atoms with van der Waals surface area (Å²) in [6.45, 7) is 0.782. The normalized spacial score (nSPS) is 14.7. The maximum absolute atomic E-state index is 11.0. The average molecular weight is 447 g/mol. The Bertz CT molecular complexity index is 956. The van der Waals surface area contributed by atoms with E-state index >= 15 is 0 Å². The third-order valence-corrected chi connectivity index (χ3v) is 5.16. The number of benzene rings is 3. The Morgan fingerprint density at radius 3 is 1.52 bits per heavy atom. The van der Waals surface area contributed by atoms with Crippen molar-refractivity contribution in [3.05, 3.63) is 108 Å². The van der Waals surface area contributed by atoms with Crippen molar-refractivity contribution < 1.29 is 24.4 Å². The van der Waals surface area contributed by atoms with Gasteiger partial charge in [-0.3, -0.25) is 0 Å². The molecule has 0 saturated carbocycles. The van der Waals surface area contributed by atoms with Gasteiger partial charge in [0.2, 0.25) is 0 Å². The highest BCUT2D eigenvalue weighted by Crippen LogP contribution is 2.19. The van der Waals surface area contributed by atoms with E-state index in [0.717, 1.165) is 16.7 Å². The molecule has 0 saturated heterocycles. The van der Waals surface area contributed by atoms with Crippen LogP contribution >= 0.6 is 0 Å². The molecule has 3 aromatic rings. The molecule has 0 aromatic heterocycles. The van der Waals surface area contributed by atoms with Gasteiger partial charge in [-0.05, 0) is 16.7 Å². The van der Waals surface area contributed by atoms with Crippen molar-refractivity contribution in [1.82, 2.24) is 0 Å². The third-order valence-electron chi connectivity index (χ3n) is 5.16. The molecule has 4 atom stereocenters. The predicted octanol–water partition coefficient (Wildman–Crippen LogP) is 3.73. The highest BCUT2D eigenvalue weighted by Gasteiger charge is 2.35. The van der Waals surface area contributed by atoms with Gasteiger partial charge in [-0.1, -0.05) is 96.9 Å². The van der Waals surface area contributed by atoms with Crippen LogP contribution in [0.4, 0.5) is 0 Å². The van der Waals surface area contributed by atoms with E-state index in [1.165, 1.54) is 0 Å². The second-order valence-electron chi connectivity index (χ2n) is 7.70. The van der Waals surface area contributed by atoms with E-state index in [0.29, 0.717) is 6.61 Å². The van der Waals surface area contributed by atoms with Crippen molar-refractivity contribution in [3.8, 4) is 12.3 Å². The molecule has 0 radical (unpaired) electrons. The molecular formula is C28H30O5. The Kier molecular flexibility index (Phi) is 10.1. The topological polar surface area (TPSA) is 68.2 Å². The Labute approximate surface area is 195 Å². The summed E-state index contributed by atoms with van der Waals surface area (Å²) in [5.41, 5.74) is 2.84. The maximum Gasteiger partial charge on any atom is 0.143 e. The van der Waals surface area contributed by atoms with E-state index in [1.807, 2.05) is 91.0 Å². The van der Waals surface area contributed by atoms with Crippen molar-refractivity contribution in [3.63, 3.8) is 0 Å². The number of aliphatic hydroxyl groups excluding tert-OH is 2. The first-order chi connectivity index (χ1) is 16.2. The first-order valence-electron chi connectivity index (χ1n) is 10.9. The number of rotatable bonds is 13. The monoisotopic (exact) mass is 446 g/mol. The Morgan fingerprint density at radius 1 is 0.636 bits per heavy atom. The molecule has 0 aliphatic carbocycles. The molecule has 5 heteroatoms. The zero-order chi connectivity index (χ0) is 23.3. The fraction of sp³-hybridized carbons (Fsp3) is 0.286. The molecule has 0 bridgehead atoms. The van der Waals surface area contributed by atoms with Crippen LogP contribution in [0.15, 0.2) is 91.0 Å². The molecule has 3 aromatic carbocycles. The van der Waals surface area contributed by atoms with Crippen LogP contribution in [-0.4, -0.2) is 41.2 Å². The maximum atomic E-state index is 11.0. The van der Waals surface area contributed by atoms with Crippen molar-refractivity contribution in [2.45, 2.75) is 44.2 Å². The lowest BCUT2D eigenvalue weighted by atomic mass is 10.0. The van der Waals surface area contributed by atoms with Crippen molar-refractivity contribution in [2.24, 2.45) is 0 Å². The molecule has 0 amide bonds. The Morgan fingerprint density at radius 2 is 1.06 bits per heavy atom. The minimum atomic E-state index is -1.27. The lowest BCUT2D eigenvalue weighted by molar-refractivity contribution is -0.167. The summed E-state index contributed by atoms with van der Waals surface area (Å²) in [5, 5.41) is 21.5. The molecule has 33 heavy (non-hydrogen) atoms. The Balaban J connectivity index is 1.70. The molecular weight excluding hydrogens is 416 g/mol. The van der Waals surface area contributed by atoms with Crippen molar-refractivity contribution in [1.29, 1.82) is 0 Å². The first kappa shape index (κ1) is 24.7. The van der Waals surface area contributed by atoms with Crippen molar-refractivity contribution in [2.75, 3.05) is 6.61 Å². The van der Waals surface area contributed by atoms with Crippen LogP contribution in [0.3, 0.4) is 0 Å². The molecule has 0 fully saturated rings. The van der Waals surface area contributed by atoms with Crippen LogP contribution in [0, 0.1) is 12.3 Å². The van der Waals surface area contributed by atoms with Gasteiger partial charge in [0.25, 0.3) is 0 Å². The van der Waals surface area contributed by atoms with E-state index in [9.17, 15) is 10.2 Å². The first-order valence-corrected chi connectivity index (χ1v) is 10.9. The number of hydrogen-bond donors (Lipinski definition) is 2. The molecule has 0 aliphatic rings. The second-order valence-corrected chi connectivity index (χ2v) is 7.70. The van der Waals surface area contributed by atoms with Gasteiger partial charge in [0.1, 0.15) is 24.4 Å². The van der Waals surface area contributed by atoms with Crippen LogP contribution < -0.4 is 0 Å². The minimum absolute atomic E-state index is 0.00314. The highest BCUT2D eigenvalue weighted by molar-refractivity contribution is 5.15. The Hall–Kier alpha value is -2.98. The largest absolute Gasteiger partial charge is 0.388 e. The van der Waals surface area contributed by atoms with E-state index in [1.54, 1.807) is 0 Å². The van der Waals surface area contributed by atoms with Gasteiger partial charge in [-0.15, -0.1) is 6.42 Å². The van der Waals surface area contributed by atoms with Gasteiger partial charge < -0.3 is 24.4 Å². The molecule has 0 aliphatic heterocycles. The quantitative estimate of drug-likeness (QED) is 0.392. The molecule has 0 spiro atoms. The van der Waals surface area contributed by atoms with Gasteiger partial charge in [-0.2, -0.15) is 0 Å². The summed E-state index contributed by atoms with van der Waals surface area (Å²) in [6.07, 6.45) is 1.32. The average Bonchev–Trinajstić information content (AvgIpc) is 2.87. The summed E-state index contributed by atoms with van der Waals surface area (Å²) >= 11 is 0. The molecule has 172 valence electrons. The van der Waals surface area contributed by atoms with Gasteiger partial charge in [0.15, 0.2) is 0 Å². The SMILES string of the molecule is C#C[C@H](O)[C@@H](OCc1ccccc1)[C@H](OCc1ccccc1)[C@H](O)COCc1ccccc1. The molecule has 2 N–H and O–H groups in total. The summed E-state index contributed by atoms with van der Waals surface area (Å²) in [4.78, 5) is 0. The number of hydrogen-bond acceptors (Lipinski definition) is 5. The van der Waals surface area contributed by atoms with E-state index in [4.69, 9.17) is 20.6 Å². The predicted molar refractivity (Wildman–Crippen MR) is 127 cm³/mol. The highest BCUT2D eigenvalue weighted by atomic mass is 16.6. The zero-order valence-electron chi connectivity index (χ0n) is 18.5. The van der Waals surface area contributed by atoms with Crippen LogP contribution in [0.2, 0.25) is 0 Å². The summed E-state index contributed by atoms with van der Waals surface area (Å²) < 4.78 is 17.8. The zero-order valence-corrected chi connectivity index (χ0v) is 18.5. The number of aliphatic hydroxyl groups is 2. The summed E-state index contributed by atoms with van der Waals surface area (Å²) in [5.74, 6) is 2.32. The number of ether oxygens (including phenoxy) is 3. The standard InChI is InChI=1S/C28H30O5/c1-2-25(29)27(32-19-23-14-8-4-9-15-23)28(33-20-24-16-10-5-11-17-24)26(30)21-31-18-22-12-6-3-7-13-22/h1,3-17,25-30H,18-21H2/t25-,26+,27+,28+/m0/s1. The van der Waals surface area contributed by atoms with E-state index in [2.05, 4.69) is 5.92 Å². The fourth-order valence-corrected chi connectivity index (χ4v) is 3.39. The summed E-state index contributed by atoms with van der Waals surface area (Å²) in [6, 6.07) is 28.8. The van der Waals surface area contributed by atoms with Crippen LogP contribution in [-0.2, 0) is 34.0 Å². The van der Waals surface area contributed by atoms with E-state index in [-0.39, 0.29) is 19.8 Å². The third kappa shape index (κ3) is 8.14. The van der Waals surface area contributed by atoms with Gasteiger partial charge in [-0.25, -0.2) is 0 Å². The van der Waals surface area contributed by atoms with Crippen LogP contribution in [0.5, 0.6) is 0 Å². The minimum Gasteiger partial charge on any atom is -0.388 e. The molecule has 5 nitrogen and oxygen atoms in total. The lowest BCUT2D eigenvalue weighted by Crippen LogP contribution is -2.48. The molecule has 0 unspecified atom stereocenters. The van der Waals surface area contributed by atoms with Crippen LogP contribution in [0.1, 0.15) is 16.7 Å². The van der Waals surface area contributed by atoms with Gasteiger partial charge in [0, 0.05) is 0 Å². The van der Waals surface area contributed by atoms with Crippen molar-refractivity contribution >= 4 is 0 Å². The van der Waals surface area contributed by atoms with Crippen LogP contribution in [0.25, 0.3) is 0 Å². The molecule has 0 heterocycles. The van der Waals surface area contributed by atoms with Gasteiger partial charge in [0.05, 0.1) is 26.4 Å². The lowest BCUT2D eigenvalue weighted by Gasteiger charge is -2.32. The van der Waals surface area contributed by atoms with Gasteiger partial charge >= 0.3 is 0 Å².